The second-order valence-electron chi connectivity index (χ2n) is 15.8. The third-order valence-electron chi connectivity index (χ3n) is 12.4. The summed E-state index contributed by atoms with van der Waals surface area (Å²) in [6, 6.07) is 58.1. The van der Waals surface area contributed by atoms with Gasteiger partial charge in [-0.1, -0.05) is 169 Å². The minimum absolute atomic E-state index is 0.190. The van der Waals surface area contributed by atoms with Crippen molar-refractivity contribution in [2.75, 3.05) is 0 Å². The van der Waals surface area contributed by atoms with Gasteiger partial charge in [0.1, 0.15) is 0 Å². The SMILES string of the molecule is O=P1(O)Oc2c(C#Cc3ccc4ccc5cccc6ccc3c4c56)cc3ccccc3c2-c2c(c(C#Cc3ccc4ccc5cccc6ccc3c4c56)cc3ccccc23)O1. The molecule has 1 heterocycles. The molecule has 0 fully saturated rings. The van der Waals surface area contributed by atoms with Crippen LogP contribution in [0.15, 0.2) is 170 Å². The van der Waals surface area contributed by atoms with E-state index in [0.29, 0.717) is 22.3 Å². The fraction of sp³-hybridized carbons (Fsp3) is 0. The lowest BCUT2D eigenvalue weighted by Crippen LogP contribution is -2.00. The Kier molecular flexibility index (Phi) is 7.02. The molecule has 1 aliphatic heterocycles. The molecule has 0 amide bonds. The zero-order valence-electron chi connectivity index (χ0n) is 32.3. The van der Waals surface area contributed by atoms with Gasteiger partial charge in [-0.15, -0.1) is 0 Å². The van der Waals surface area contributed by atoms with E-state index in [2.05, 4.69) is 121 Å². The predicted octanol–water partition coefficient (Wildman–Crippen LogP) is 14.1. The molecule has 0 aliphatic carbocycles. The standard InChI is InChI=1S/C56H29O4P/c57-61(58)59-55-43(25-17-33-15-19-39-23-21-35-9-5-11-37-27-29-47(33)51(39)49(35)37)31-41-7-1-3-13-45(41)53(55)54-46-14-4-2-8-42(46)32-44(56(54)60-61)26-18-34-16-20-40-24-22-36-10-6-12-38-28-30-48(34)52(40)50(36)38/h1-16,19-24,27-32H,(H,57,58). The number of hydrogen-bond donors (Lipinski definition) is 1. The summed E-state index contributed by atoms with van der Waals surface area (Å²) in [6.45, 7) is 0. The summed E-state index contributed by atoms with van der Waals surface area (Å²) in [5, 5.41) is 17.3. The number of benzene rings is 12. The third kappa shape index (κ3) is 5.11. The van der Waals surface area contributed by atoms with E-state index in [4.69, 9.17) is 9.05 Å². The Morgan fingerprint density at radius 1 is 0.344 bits per heavy atom. The number of hydrogen-bond acceptors (Lipinski definition) is 3. The maximum absolute atomic E-state index is 14.3. The van der Waals surface area contributed by atoms with Crippen LogP contribution in [0.25, 0.3) is 97.3 Å². The van der Waals surface area contributed by atoms with Crippen molar-refractivity contribution in [2.45, 2.75) is 0 Å². The number of phosphoric ester groups is 1. The molecule has 61 heavy (non-hydrogen) atoms. The molecule has 13 rings (SSSR count). The van der Waals surface area contributed by atoms with Gasteiger partial charge in [-0.2, -0.15) is 0 Å². The van der Waals surface area contributed by atoms with Crippen LogP contribution in [0.5, 0.6) is 11.5 Å². The highest BCUT2D eigenvalue weighted by molar-refractivity contribution is 7.48. The molecule has 282 valence electrons. The Balaban J connectivity index is 1.05. The van der Waals surface area contributed by atoms with Gasteiger partial charge in [-0.05, 0) is 110 Å². The number of fused-ring (bicyclic) bond motifs is 7. The van der Waals surface area contributed by atoms with Gasteiger partial charge in [0.2, 0.25) is 0 Å². The normalized spacial score (nSPS) is 13.2. The van der Waals surface area contributed by atoms with E-state index in [0.717, 1.165) is 54.2 Å². The first kappa shape index (κ1) is 34.1. The average molecular weight is 797 g/mol. The van der Waals surface area contributed by atoms with E-state index in [1.807, 2.05) is 72.8 Å². The predicted molar refractivity (Wildman–Crippen MR) is 250 cm³/mol. The maximum Gasteiger partial charge on any atom is 0.585 e. The van der Waals surface area contributed by atoms with Crippen molar-refractivity contribution in [2.24, 2.45) is 0 Å². The molecule has 1 aliphatic rings. The van der Waals surface area contributed by atoms with Crippen LogP contribution in [0.3, 0.4) is 0 Å². The smallest absolute Gasteiger partial charge is 0.393 e. The maximum atomic E-state index is 14.3. The molecule has 0 saturated carbocycles. The van der Waals surface area contributed by atoms with Crippen LogP contribution in [0, 0.1) is 23.7 Å². The topological polar surface area (TPSA) is 55.8 Å². The van der Waals surface area contributed by atoms with Crippen molar-refractivity contribution in [3.8, 4) is 46.3 Å². The molecule has 12 aromatic rings. The lowest BCUT2D eigenvalue weighted by molar-refractivity contribution is 0.294. The van der Waals surface area contributed by atoms with Crippen molar-refractivity contribution < 1.29 is 18.5 Å². The monoisotopic (exact) mass is 796 g/mol. The summed E-state index contributed by atoms with van der Waals surface area (Å²) in [5.74, 6) is 14.1. The summed E-state index contributed by atoms with van der Waals surface area (Å²) in [5.41, 5.74) is 3.89. The lowest BCUT2D eigenvalue weighted by atomic mass is 9.88. The lowest BCUT2D eigenvalue weighted by Gasteiger charge is -2.16. The molecule has 1 N–H and O–H groups in total. The Hall–Kier alpha value is -7.85. The van der Waals surface area contributed by atoms with Crippen molar-refractivity contribution in [3.63, 3.8) is 0 Å². The first-order valence-corrected chi connectivity index (χ1v) is 21.7. The summed E-state index contributed by atoms with van der Waals surface area (Å²) >= 11 is 0. The number of rotatable bonds is 0. The highest BCUT2D eigenvalue weighted by Gasteiger charge is 2.37. The molecule has 0 saturated heterocycles. The Morgan fingerprint density at radius 3 is 1.13 bits per heavy atom. The van der Waals surface area contributed by atoms with Crippen LogP contribution >= 0.6 is 7.82 Å². The molecule has 0 bridgehead atoms. The van der Waals surface area contributed by atoms with E-state index in [9.17, 15) is 9.46 Å². The van der Waals surface area contributed by atoms with Gasteiger partial charge in [0.25, 0.3) is 0 Å². The summed E-state index contributed by atoms with van der Waals surface area (Å²) in [7, 11) is -4.79. The van der Waals surface area contributed by atoms with Crippen LogP contribution in [-0.2, 0) is 4.57 Å². The van der Waals surface area contributed by atoms with Crippen LogP contribution in [0.4, 0.5) is 0 Å². The van der Waals surface area contributed by atoms with E-state index in [1.54, 1.807) is 0 Å². The summed E-state index contributed by atoms with van der Waals surface area (Å²) in [6.07, 6.45) is 0. The fourth-order valence-electron chi connectivity index (χ4n) is 9.74. The molecule has 12 aromatic carbocycles. The van der Waals surface area contributed by atoms with Crippen LogP contribution in [0.2, 0.25) is 0 Å². The van der Waals surface area contributed by atoms with Crippen LogP contribution in [-0.4, -0.2) is 4.89 Å². The first-order chi connectivity index (χ1) is 30.0. The van der Waals surface area contributed by atoms with Gasteiger partial charge < -0.3 is 9.05 Å². The fourth-order valence-corrected chi connectivity index (χ4v) is 10.6. The molecule has 0 radical (unpaired) electrons. The molecule has 4 nitrogen and oxygen atoms in total. The van der Waals surface area contributed by atoms with Gasteiger partial charge in [-0.25, -0.2) is 4.57 Å². The second-order valence-corrected chi connectivity index (χ2v) is 17.1. The largest absolute Gasteiger partial charge is 0.585 e. The Bertz CT molecular complexity index is 3770. The molecular weight excluding hydrogens is 768 g/mol. The first-order valence-electron chi connectivity index (χ1n) is 20.2. The van der Waals surface area contributed by atoms with E-state index in [1.165, 1.54) is 43.1 Å². The van der Waals surface area contributed by atoms with Crippen molar-refractivity contribution in [1.29, 1.82) is 0 Å². The molecular formula is C56H29O4P. The van der Waals surface area contributed by atoms with Gasteiger partial charge in [0, 0.05) is 22.3 Å². The van der Waals surface area contributed by atoms with Gasteiger partial charge >= 0.3 is 7.82 Å². The van der Waals surface area contributed by atoms with Gasteiger partial charge in [0.05, 0.1) is 11.1 Å². The zero-order chi connectivity index (χ0) is 40.4. The number of phosphoric acid groups is 1. The highest BCUT2D eigenvalue weighted by atomic mass is 31.2. The molecule has 0 spiro atoms. The zero-order valence-corrected chi connectivity index (χ0v) is 33.2. The van der Waals surface area contributed by atoms with Crippen molar-refractivity contribution in [1.82, 2.24) is 0 Å². The second kappa shape index (κ2) is 12.6. The van der Waals surface area contributed by atoms with Gasteiger partial charge in [-0.3, -0.25) is 4.89 Å². The molecule has 0 unspecified atom stereocenters. The Labute approximate surface area is 349 Å². The minimum atomic E-state index is -4.79. The third-order valence-corrected chi connectivity index (χ3v) is 13.2. The summed E-state index contributed by atoms with van der Waals surface area (Å²) < 4.78 is 26.6. The quantitative estimate of drug-likeness (QED) is 0.0943. The van der Waals surface area contributed by atoms with Crippen LogP contribution < -0.4 is 9.05 Å². The van der Waals surface area contributed by atoms with Crippen molar-refractivity contribution in [3.05, 3.63) is 192 Å². The van der Waals surface area contributed by atoms with Crippen molar-refractivity contribution >= 4 is 94.0 Å². The molecule has 0 aromatic heterocycles. The van der Waals surface area contributed by atoms with E-state index in [-0.39, 0.29) is 11.5 Å². The summed E-state index contributed by atoms with van der Waals surface area (Å²) in [4.78, 5) is 11.6. The minimum Gasteiger partial charge on any atom is -0.393 e. The van der Waals surface area contributed by atoms with Crippen LogP contribution in [0.1, 0.15) is 22.3 Å². The van der Waals surface area contributed by atoms with E-state index < -0.39 is 7.82 Å². The van der Waals surface area contributed by atoms with Gasteiger partial charge in [0.15, 0.2) is 11.5 Å². The molecule has 5 heteroatoms. The molecule has 0 atom stereocenters. The highest BCUT2D eigenvalue weighted by Crippen LogP contribution is 2.59. The van der Waals surface area contributed by atoms with E-state index >= 15 is 0 Å². The average Bonchev–Trinajstić information content (AvgIpc) is 3.42. The Morgan fingerprint density at radius 2 is 0.689 bits per heavy atom.